The van der Waals surface area contributed by atoms with Crippen molar-refractivity contribution in [2.45, 2.75) is 103 Å². The average molecular weight is 662 g/mol. The Morgan fingerprint density at radius 3 is 2.57 bits per heavy atom. The van der Waals surface area contributed by atoms with Crippen LogP contribution in [0, 0.1) is 5.92 Å². The van der Waals surface area contributed by atoms with Crippen LogP contribution in [-0.2, 0) is 27.8 Å². The van der Waals surface area contributed by atoms with Crippen molar-refractivity contribution >= 4 is 34.2 Å². The average Bonchev–Trinajstić information content (AvgIpc) is 3.68. The third kappa shape index (κ3) is 6.29. The molecule has 2 amide bonds. The van der Waals surface area contributed by atoms with Gasteiger partial charge in [0.15, 0.2) is 17.1 Å². The van der Waals surface area contributed by atoms with Gasteiger partial charge in [-0.25, -0.2) is 19.6 Å². The maximum atomic E-state index is 13.9. The fourth-order valence-corrected chi connectivity index (χ4v) is 8.58. The lowest BCUT2D eigenvalue weighted by molar-refractivity contribution is -0.133. The van der Waals surface area contributed by atoms with Gasteiger partial charge in [-0.2, -0.15) is 5.10 Å². The molecular formula is C34H47N9O3S. The molecule has 4 aliphatic rings. The molecule has 3 saturated heterocycles. The minimum absolute atomic E-state index is 0.0875. The highest BCUT2D eigenvalue weighted by atomic mass is 32.1. The lowest BCUT2D eigenvalue weighted by Crippen LogP contribution is -2.56. The van der Waals surface area contributed by atoms with Gasteiger partial charge in [0.25, 0.3) is 5.91 Å². The van der Waals surface area contributed by atoms with E-state index in [4.69, 9.17) is 15.6 Å². The van der Waals surface area contributed by atoms with Gasteiger partial charge >= 0.3 is 0 Å². The highest BCUT2D eigenvalue weighted by Crippen LogP contribution is 2.46. The second-order valence-corrected chi connectivity index (χ2v) is 15.7. The lowest BCUT2D eigenvalue weighted by atomic mass is 9.73. The number of carbonyl (C=O) groups is 2. The number of ether oxygens (including phenoxy) is 1. The summed E-state index contributed by atoms with van der Waals surface area (Å²) in [7, 11) is 0. The summed E-state index contributed by atoms with van der Waals surface area (Å²) in [4.78, 5) is 45.4. The van der Waals surface area contributed by atoms with E-state index in [1.807, 2.05) is 15.0 Å². The molecule has 3 aromatic heterocycles. The second-order valence-electron chi connectivity index (χ2n) is 14.8. The zero-order valence-electron chi connectivity index (χ0n) is 28.0. The van der Waals surface area contributed by atoms with E-state index >= 15 is 0 Å². The third-order valence-electron chi connectivity index (χ3n) is 10.8. The Balaban J connectivity index is 1.06. The summed E-state index contributed by atoms with van der Waals surface area (Å²) in [5, 5.41) is 10.2. The predicted molar refractivity (Wildman–Crippen MR) is 181 cm³/mol. The Labute approximate surface area is 280 Å². The van der Waals surface area contributed by atoms with Gasteiger partial charge in [0, 0.05) is 42.4 Å². The Morgan fingerprint density at radius 2 is 1.85 bits per heavy atom. The Morgan fingerprint density at radius 1 is 1.09 bits per heavy atom. The molecule has 0 spiro atoms. The molecule has 0 saturated carbocycles. The number of nitrogens with one attached hydrogen (secondary N) is 1. The molecule has 3 N–H and O–H groups in total. The molecule has 3 fully saturated rings. The first-order valence-electron chi connectivity index (χ1n) is 17.2. The number of piperidine rings is 2. The van der Waals surface area contributed by atoms with Gasteiger partial charge in [-0.1, -0.05) is 20.8 Å². The van der Waals surface area contributed by atoms with Gasteiger partial charge in [0.2, 0.25) is 11.9 Å². The SMILES string of the molecule is CC1CCN(C2(C)CCN(C(=O)Cc3csc(NC(=O)c4nn(C5CCCCO5)c5c4C(C)(C)Cc4cnc(N)nc4-5)n3)CC2)CC1. The number of anilines is 2. The molecule has 0 bridgehead atoms. The Bertz CT molecular complexity index is 1640. The number of hydrogen-bond donors (Lipinski definition) is 2. The van der Waals surface area contributed by atoms with Crippen molar-refractivity contribution in [2.24, 2.45) is 5.92 Å². The number of aromatic nitrogens is 5. The molecule has 1 atom stereocenters. The fourth-order valence-electron chi connectivity index (χ4n) is 7.88. The molecule has 7 rings (SSSR count). The van der Waals surface area contributed by atoms with Crippen molar-refractivity contribution in [1.29, 1.82) is 0 Å². The number of nitrogens with zero attached hydrogens (tertiary/aromatic N) is 7. The van der Waals surface area contributed by atoms with E-state index in [0.29, 0.717) is 35.2 Å². The van der Waals surface area contributed by atoms with E-state index in [9.17, 15) is 9.59 Å². The number of thiazole rings is 1. The summed E-state index contributed by atoms with van der Waals surface area (Å²) in [5.41, 5.74) is 10.0. The maximum Gasteiger partial charge on any atom is 0.278 e. The summed E-state index contributed by atoms with van der Waals surface area (Å²) < 4.78 is 7.97. The van der Waals surface area contributed by atoms with Crippen LogP contribution in [0.5, 0.6) is 0 Å². The van der Waals surface area contributed by atoms with Crippen LogP contribution in [0.1, 0.15) is 106 Å². The summed E-state index contributed by atoms with van der Waals surface area (Å²) in [6, 6.07) is 0. The summed E-state index contributed by atoms with van der Waals surface area (Å²) in [6.45, 7) is 13.4. The highest BCUT2D eigenvalue weighted by Gasteiger charge is 2.42. The van der Waals surface area contributed by atoms with E-state index in [-0.39, 0.29) is 36.0 Å². The molecular weight excluding hydrogens is 615 g/mol. The number of likely N-dealkylation sites (tertiary alicyclic amines) is 2. The molecule has 12 nitrogen and oxygen atoms in total. The van der Waals surface area contributed by atoms with E-state index in [1.165, 1.54) is 24.2 Å². The monoisotopic (exact) mass is 661 g/mol. The molecule has 13 heteroatoms. The summed E-state index contributed by atoms with van der Waals surface area (Å²) in [6.07, 6.45) is 9.65. The van der Waals surface area contributed by atoms with E-state index in [2.05, 4.69) is 52.9 Å². The first-order valence-corrected chi connectivity index (χ1v) is 18.0. The van der Waals surface area contributed by atoms with Crippen LogP contribution >= 0.6 is 11.3 Å². The zero-order valence-corrected chi connectivity index (χ0v) is 28.9. The number of carbonyl (C=O) groups excluding carboxylic acids is 2. The minimum Gasteiger partial charge on any atom is -0.368 e. The van der Waals surface area contributed by atoms with Gasteiger partial charge in [-0.15, -0.1) is 11.3 Å². The number of fused-ring (bicyclic) bond motifs is 3. The van der Waals surface area contributed by atoms with E-state index in [0.717, 1.165) is 81.0 Å². The van der Waals surface area contributed by atoms with Crippen LogP contribution in [0.4, 0.5) is 11.1 Å². The third-order valence-corrected chi connectivity index (χ3v) is 11.6. The smallest absolute Gasteiger partial charge is 0.278 e. The van der Waals surface area contributed by atoms with Crippen molar-refractivity contribution < 1.29 is 14.3 Å². The van der Waals surface area contributed by atoms with Crippen molar-refractivity contribution in [3.05, 3.63) is 34.1 Å². The molecule has 1 unspecified atom stereocenters. The second kappa shape index (κ2) is 12.6. The summed E-state index contributed by atoms with van der Waals surface area (Å²) >= 11 is 1.33. The van der Waals surface area contributed by atoms with Crippen LogP contribution in [0.3, 0.4) is 0 Å². The molecule has 1 aliphatic carbocycles. The fraction of sp³-hybridized carbons (Fsp3) is 0.647. The normalized spacial score (nSPS) is 22.8. The van der Waals surface area contributed by atoms with Crippen LogP contribution in [0.25, 0.3) is 11.4 Å². The van der Waals surface area contributed by atoms with Gasteiger partial charge in [-0.3, -0.25) is 19.8 Å². The van der Waals surface area contributed by atoms with Crippen LogP contribution in [-0.4, -0.2) is 84.7 Å². The number of hydrogen-bond acceptors (Lipinski definition) is 10. The molecule has 6 heterocycles. The quantitative estimate of drug-likeness (QED) is 0.380. The molecule has 3 aromatic rings. The van der Waals surface area contributed by atoms with Crippen molar-refractivity contribution in [3.63, 3.8) is 0 Å². The number of nitrogen functional groups attached to an aromatic ring is 1. The molecule has 0 aromatic carbocycles. The topological polar surface area (TPSA) is 144 Å². The molecule has 47 heavy (non-hydrogen) atoms. The first kappa shape index (κ1) is 32.1. The Hall–Kier alpha value is -3.42. The largest absolute Gasteiger partial charge is 0.368 e. The number of amides is 2. The molecule has 0 radical (unpaired) electrons. The lowest BCUT2D eigenvalue weighted by Gasteiger charge is -2.49. The highest BCUT2D eigenvalue weighted by molar-refractivity contribution is 7.14. The van der Waals surface area contributed by atoms with Gasteiger partial charge < -0.3 is 15.4 Å². The number of nitrogens with two attached hydrogens (primary N) is 1. The zero-order chi connectivity index (χ0) is 32.9. The standard InChI is InChI=1S/C34H47N9O3S/c1-21-8-12-42(13-9-21)34(4)10-14-41(15-11-34)24(44)17-23-20-47-32(37-23)39-30(45)28-26-29(43(40-28)25-7-5-6-16-46-25)27-22(18-33(26,2)3)19-36-31(35)38-27/h19-21,25H,5-18H2,1-4H3,(H2,35,36,38)(H,37,39,45). The van der Waals surface area contributed by atoms with Crippen molar-refractivity contribution in [2.75, 3.05) is 43.8 Å². The van der Waals surface area contributed by atoms with Gasteiger partial charge in [0.1, 0.15) is 0 Å². The Kier molecular flexibility index (Phi) is 8.58. The molecule has 3 aliphatic heterocycles. The summed E-state index contributed by atoms with van der Waals surface area (Å²) in [5.74, 6) is 0.730. The number of rotatable bonds is 6. The van der Waals surface area contributed by atoms with Crippen LogP contribution in [0.2, 0.25) is 0 Å². The van der Waals surface area contributed by atoms with Crippen molar-refractivity contribution in [1.82, 2.24) is 34.5 Å². The van der Waals surface area contributed by atoms with Crippen LogP contribution in [0.15, 0.2) is 11.6 Å². The minimum atomic E-state index is -0.418. The van der Waals surface area contributed by atoms with Gasteiger partial charge in [-0.05, 0) is 88.3 Å². The van der Waals surface area contributed by atoms with E-state index < -0.39 is 5.41 Å². The molecule has 252 valence electrons. The van der Waals surface area contributed by atoms with Crippen LogP contribution < -0.4 is 11.1 Å². The van der Waals surface area contributed by atoms with Crippen molar-refractivity contribution in [3.8, 4) is 11.4 Å². The first-order chi connectivity index (χ1) is 22.5. The predicted octanol–water partition coefficient (Wildman–Crippen LogP) is 4.82. The van der Waals surface area contributed by atoms with E-state index in [1.54, 1.807) is 6.20 Å². The van der Waals surface area contributed by atoms with Gasteiger partial charge in [0.05, 0.1) is 23.5 Å². The maximum absolute atomic E-state index is 13.9.